The summed E-state index contributed by atoms with van der Waals surface area (Å²) in [7, 11) is 1.69. The molecule has 1 amide bonds. The first-order chi connectivity index (χ1) is 17.5. The molecule has 0 radical (unpaired) electrons. The largest absolute Gasteiger partial charge is 0.393 e. The molecule has 36 heavy (non-hydrogen) atoms. The summed E-state index contributed by atoms with van der Waals surface area (Å²) in [5.41, 5.74) is 3.61. The normalized spacial score (nSPS) is 28.2. The van der Waals surface area contributed by atoms with E-state index in [9.17, 15) is 9.90 Å². The maximum atomic E-state index is 13.0. The zero-order chi connectivity index (χ0) is 25.1. The van der Waals surface area contributed by atoms with Gasteiger partial charge in [-0.2, -0.15) is 0 Å². The first-order valence-electron chi connectivity index (χ1n) is 13.7. The number of ether oxygens (including phenoxy) is 2. The zero-order valence-corrected chi connectivity index (χ0v) is 21.7. The molecular formula is C27H41N5O4. The lowest BCUT2D eigenvalue weighted by molar-refractivity contribution is -0.140. The molecule has 1 atom stereocenters. The number of hydrogen-bond acceptors (Lipinski definition) is 7. The van der Waals surface area contributed by atoms with E-state index in [2.05, 4.69) is 27.8 Å². The van der Waals surface area contributed by atoms with Crippen LogP contribution in [0.1, 0.15) is 81.4 Å². The number of methoxy groups -OCH3 is 1. The molecule has 5 rings (SSSR count). The Hall–Kier alpha value is -2.23. The first kappa shape index (κ1) is 25.4. The number of rotatable bonds is 7. The van der Waals surface area contributed by atoms with Gasteiger partial charge in [0.05, 0.1) is 37.6 Å². The molecule has 0 unspecified atom stereocenters. The molecule has 2 aromatic heterocycles. The molecule has 0 bridgehead atoms. The van der Waals surface area contributed by atoms with Gasteiger partial charge in [0.25, 0.3) is 0 Å². The molecule has 2 saturated carbocycles. The number of anilines is 1. The van der Waals surface area contributed by atoms with E-state index in [4.69, 9.17) is 14.6 Å². The molecule has 0 spiro atoms. The number of hydrogen-bond donors (Lipinski definition) is 2. The van der Waals surface area contributed by atoms with E-state index in [0.29, 0.717) is 43.5 Å². The molecule has 9 heteroatoms. The van der Waals surface area contributed by atoms with Gasteiger partial charge < -0.3 is 24.8 Å². The first-order valence-corrected chi connectivity index (χ1v) is 13.7. The number of amides is 1. The van der Waals surface area contributed by atoms with Gasteiger partial charge in [-0.15, -0.1) is 5.10 Å². The minimum absolute atomic E-state index is 0.107. The maximum Gasteiger partial charge on any atom is 0.241 e. The van der Waals surface area contributed by atoms with E-state index in [1.807, 2.05) is 11.1 Å². The molecule has 2 N–H and O–H groups in total. The van der Waals surface area contributed by atoms with Gasteiger partial charge in [-0.05, 0) is 75.8 Å². The predicted molar refractivity (Wildman–Crippen MR) is 137 cm³/mol. The highest BCUT2D eigenvalue weighted by atomic mass is 16.5. The summed E-state index contributed by atoms with van der Waals surface area (Å²) in [6.07, 6.45) is 9.26. The Morgan fingerprint density at radius 3 is 2.53 bits per heavy atom. The number of aliphatic hydroxyl groups is 1. The highest BCUT2D eigenvalue weighted by molar-refractivity contribution is 5.79. The second-order valence-electron chi connectivity index (χ2n) is 10.9. The summed E-state index contributed by atoms with van der Waals surface area (Å²) >= 11 is 0. The number of morpholine rings is 1. The highest BCUT2D eigenvalue weighted by Crippen LogP contribution is 2.42. The summed E-state index contributed by atoms with van der Waals surface area (Å²) in [4.78, 5) is 19.7. The van der Waals surface area contributed by atoms with E-state index in [1.165, 1.54) is 11.3 Å². The van der Waals surface area contributed by atoms with Crippen LogP contribution in [0.25, 0.3) is 5.52 Å². The third-order valence-corrected chi connectivity index (χ3v) is 8.32. The van der Waals surface area contributed by atoms with Crippen molar-refractivity contribution >= 4 is 17.4 Å². The molecule has 3 aliphatic rings. The third kappa shape index (κ3) is 5.53. The molecule has 9 nitrogen and oxygen atoms in total. The Balaban J connectivity index is 1.36. The number of fused-ring (bicyclic) bond motifs is 1. The quantitative estimate of drug-likeness (QED) is 0.603. The van der Waals surface area contributed by atoms with Crippen molar-refractivity contribution < 1.29 is 19.4 Å². The van der Waals surface area contributed by atoms with Crippen molar-refractivity contribution in [3.05, 3.63) is 23.5 Å². The molecule has 1 aliphatic heterocycles. The van der Waals surface area contributed by atoms with Crippen LogP contribution in [0.5, 0.6) is 0 Å². The average molecular weight is 500 g/mol. The van der Waals surface area contributed by atoms with E-state index < -0.39 is 0 Å². The summed E-state index contributed by atoms with van der Waals surface area (Å²) < 4.78 is 12.8. The molecule has 0 aromatic carbocycles. The molecule has 2 aliphatic carbocycles. The smallest absolute Gasteiger partial charge is 0.241 e. The molecule has 198 valence electrons. The summed E-state index contributed by atoms with van der Waals surface area (Å²) in [5.74, 6) is 1.83. The lowest BCUT2D eigenvalue weighted by Gasteiger charge is -2.34. The number of nitrogens with one attached hydrogen (secondary N) is 1. The number of carbonyl (C=O) groups is 1. The van der Waals surface area contributed by atoms with Crippen molar-refractivity contribution in [1.29, 1.82) is 0 Å². The van der Waals surface area contributed by atoms with E-state index in [0.717, 1.165) is 70.0 Å². The lowest BCUT2D eigenvalue weighted by Crippen LogP contribution is -2.44. The lowest BCUT2D eigenvalue weighted by atomic mass is 9.78. The van der Waals surface area contributed by atoms with Gasteiger partial charge in [0, 0.05) is 43.8 Å². The van der Waals surface area contributed by atoms with Crippen molar-refractivity contribution in [3.63, 3.8) is 0 Å². The van der Waals surface area contributed by atoms with E-state index in [1.54, 1.807) is 7.11 Å². The van der Waals surface area contributed by atoms with Crippen LogP contribution in [-0.2, 0) is 14.3 Å². The van der Waals surface area contributed by atoms with Crippen LogP contribution >= 0.6 is 0 Å². The second-order valence-corrected chi connectivity index (χ2v) is 10.9. The van der Waals surface area contributed by atoms with E-state index in [-0.39, 0.29) is 18.1 Å². The summed E-state index contributed by atoms with van der Waals surface area (Å²) in [5, 5.41) is 18.3. The van der Waals surface area contributed by atoms with Crippen LogP contribution in [0.15, 0.2) is 12.3 Å². The SMILES string of the molecule is COC[C@H](C)Nc1ncc2c(C3CCC(C(=O)N4CCOCC4)CC3)cc(C3CCC(O)CC3)n2n1. The fourth-order valence-electron chi connectivity index (χ4n) is 6.30. The number of nitrogens with zero attached hydrogens (tertiary/aromatic N) is 4. The van der Waals surface area contributed by atoms with E-state index >= 15 is 0 Å². The van der Waals surface area contributed by atoms with Crippen LogP contribution in [0.3, 0.4) is 0 Å². The Bertz CT molecular complexity index is 1020. The summed E-state index contributed by atoms with van der Waals surface area (Å²) in [6, 6.07) is 2.46. The van der Waals surface area contributed by atoms with Crippen LogP contribution in [0.4, 0.5) is 5.95 Å². The van der Waals surface area contributed by atoms with Gasteiger partial charge in [0.2, 0.25) is 11.9 Å². The zero-order valence-electron chi connectivity index (χ0n) is 21.7. The highest BCUT2D eigenvalue weighted by Gasteiger charge is 2.33. The fraction of sp³-hybridized carbons (Fsp3) is 0.741. The summed E-state index contributed by atoms with van der Waals surface area (Å²) in [6.45, 7) is 5.38. The van der Waals surface area contributed by atoms with Gasteiger partial charge in [-0.25, -0.2) is 9.50 Å². The Labute approximate surface area is 213 Å². The van der Waals surface area contributed by atoms with Crippen LogP contribution in [0.2, 0.25) is 0 Å². The fourth-order valence-corrected chi connectivity index (χ4v) is 6.30. The monoisotopic (exact) mass is 499 g/mol. The van der Waals surface area contributed by atoms with Gasteiger partial charge in [0.1, 0.15) is 0 Å². The van der Waals surface area contributed by atoms with Crippen molar-refractivity contribution in [2.45, 2.75) is 82.3 Å². The van der Waals surface area contributed by atoms with Gasteiger partial charge in [-0.1, -0.05) is 0 Å². The van der Waals surface area contributed by atoms with Gasteiger partial charge in [-0.3, -0.25) is 4.79 Å². The van der Waals surface area contributed by atoms with Gasteiger partial charge in [0.15, 0.2) is 0 Å². The van der Waals surface area contributed by atoms with Crippen LogP contribution in [-0.4, -0.2) is 82.7 Å². The molecule has 1 saturated heterocycles. The second kappa shape index (κ2) is 11.4. The predicted octanol–water partition coefficient (Wildman–Crippen LogP) is 3.33. The van der Waals surface area contributed by atoms with Crippen molar-refractivity contribution in [3.8, 4) is 0 Å². The molecule has 3 fully saturated rings. The molecule has 2 aromatic rings. The third-order valence-electron chi connectivity index (χ3n) is 8.32. The number of aromatic nitrogens is 3. The standard InChI is InChI=1S/C27H41N5O4/c1-18(17-35-2)29-27-28-16-25-23(15-24(32(25)30-27)20-7-9-22(33)10-8-20)19-3-5-21(6-4-19)26(34)31-11-13-36-14-12-31/h15-16,18-22,33H,3-14,17H2,1-2H3,(H,29,30)/t18-,19?,20?,21?,22?/m0/s1. The number of aliphatic hydroxyl groups excluding tert-OH is 1. The Kier molecular flexibility index (Phi) is 8.08. The van der Waals surface area contributed by atoms with Crippen LogP contribution < -0.4 is 5.32 Å². The Morgan fingerprint density at radius 1 is 1.14 bits per heavy atom. The maximum absolute atomic E-state index is 13.0. The minimum atomic E-state index is -0.187. The van der Waals surface area contributed by atoms with Crippen molar-refractivity contribution in [2.75, 3.05) is 45.3 Å². The van der Waals surface area contributed by atoms with Crippen molar-refractivity contribution in [2.24, 2.45) is 5.92 Å². The van der Waals surface area contributed by atoms with Crippen LogP contribution in [0, 0.1) is 5.92 Å². The van der Waals surface area contributed by atoms with Gasteiger partial charge >= 0.3 is 0 Å². The molecule has 3 heterocycles. The Morgan fingerprint density at radius 2 is 1.83 bits per heavy atom. The number of carbonyl (C=O) groups excluding carboxylic acids is 1. The average Bonchev–Trinajstić information content (AvgIpc) is 3.28. The van der Waals surface area contributed by atoms with Crippen molar-refractivity contribution in [1.82, 2.24) is 19.5 Å². The molecular weight excluding hydrogens is 458 g/mol. The topological polar surface area (TPSA) is 101 Å². The minimum Gasteiger partial charge on any atom is -0.393 e.